The number of carbonyl (C=O) groups is 2. The van der Waals surface area contributed by atoms with E-state index in [0.29, 0.717) is 40.9 Å². The number of hydrogen-bond acceptors (Lipinski definition) is 5. The molecule has 0 radical (unpaired) electrons. The van der Waals surface area contributed by atoms with Crippen LogP contribution in [-0.4, -0.2) is 36.0 Å². The number of carboxylic acids is 1. The Labute approximate surface area is 181 Å². The molecule has 7 N–H and O–H groups in total. The fraction of sp³-hybridized carbons (Fsp3) is 0.579. The van der Waals surface area contributed by atoms with Gasteiger partial charge in [0.05, 0.1) is 10.0 Å². The standard InChI is InChI=1S/C7H3Cl3O.C6H14N2O2.C6H13N/c8-5-1-4(3-11)7(10)6(9)2-5;7-4-2-1-3-5(8)6(9)10;7-6-4-2-1-3-5-6/h1-3H;5H,1-4,7-8H2,(H,9,10);6H,1-5,7H2/t;5-;/m.0./s1. The summed E-state index contributed by atoms with van der Waals surface area (Å²) >= 11 is 16.9. The summed E-state index contributed by atoms with van der Waals surface area (Å²) in [5.41, 5.74) is 16.4. The molecule has 1 aliphatic rings. The summed E-state index contributed by atoms with van der Waals surface area (Å²) in [6.45, 7) is 0.604. The van der Waals surface area contributed by atoms with Crippen LogP contribution in [0.15, 0.2) is 12.1 Å². The van der Waals surface area contributed by atoms with Crippen LogP contribution in [0.2, 0.25) is 15.1 Å². The minimum Gasteiger partial charge on any atom is -0.480 e. The van der Waals surface area contributed by atoms with Gasteiger partial charge < -0.3 is 22.3 Å². The molecule has 1 fully saturated rings. The van der Waals surface area contributed by atoms with E-state index >= 15 is 0 Å². The van der Waals surface area contributed by atoms with Crippen molar-refractivity contribution in [2.75, 3.05) is 6.54 Å². The van der Waals surface area contributed by atoms with Crippen molar-refractivity contribution >= 4 is 47.1 Å². The van der Waals surface area contributed by atoms with E-state index in [0.717, 1.165) is 12.8 Å². The van der Waals surface area contributed by atoms with Crippen molar-refractivity contribution in [1.29, 1.82) is 0 Å². The van der Waals surface area contributed by atoms with Crippen LogP contribution in [0.1, 0.15) is 61.7 Å². The lowest BCUT2D eigenvalue weighted by atomic mass is 9.97. The Hall–Kier alpha value is -0.890. The zero-order valence-electron chi connectivity index (χ0n) is 15.9. The Morgan fingerprint density at radius 3 is 2.21 bits per heavy atom. The minimum absolute atomic E-state index is 0.242. The number of nitrogens with two attached hydrogens (primary N) is 3. The smallest absolute Gasteiger partial charge is 0.320 e. The van der Waals surface area contributed by atoms with Crippen molar-refractivity contribution in [2.45, 2.75) is 63.5 Å². The van der Waals surface area contributed by atoms with E-state index in [9.17, 15) is 9.59 Å². The molecule has 1 aliphatic carbocycles. The molecular formula is C19H30Cl3N3O3. The first-order valence-corrected chi connectivity index (χ1v) is 10.4. The quantitative estimate of drug-likeness (QED) is 0.288. The molecule has 0 aromatic heterocycles. The normalized spacial score (nSPS) is 14.8. The van der Waals surface area contributed by atoms with Gasteiger partial charge in [-0.25, -0.2) is 0 Å². The highest BCUT2D eigenvalue weighted by atomic mass is 35.5. The van der Waals surface area contributed by atoms with Gasteiger partial charge in [-0.3, -0.25) is 9.59 Å². The summed E-state index contributed by atoms with van der Waals surface area (Å²) in [6.07, 6.45) is 9.44. The second-order valence-electron chi connectivity index (χ2n) is 6.54. The monoisotopic (exact) mass is 453 g/mol. The number of aliphatic carboxylic acids is 1. The maximum absolute atomic E-state index is 10.3. The van der Waals surface area contributed by atoms with Gasteiger partial charge in [-0.1, -0.05) is 60.5 Å². The van der Waals surface area contributed by atoms with E-state index in [4.69, 9.17) is 57.1 Å². The molecule has 1 aromatic carbocycles. The van der Waals surface area contributed by atoms with Crippen molar-refractivity contribution < 1.29 is 14.7 Å². The number of unbranched alkanes of at least 4 members (excludes halogenated alkanes) is 1. The Morgan fingerprint density at radius 2 is 1.79 bits per heavy atom. The Kier molecular flexibility index (Phi) is 15.5. The van der Waals surface area contributed by atoms with Crippen LogP contribution < -0.4 is 17.2 Å². The minimum atomic E-state index is -0.933. The molecule has 1 atom stereocenters. The molecule has 160 valence electrons. The van der Waals surface area contributed by atoms with Gasteiger partial charge in [-0.05, 0) is 44.4 Å². The first kappa shape index (κ1) is 27.1. The topological polar surface area (TPSA) is 132 Å². The average molecular weight is 455 g/mol. The van der Waals surface area contributed by atoms with Gasteiger partial charge in [-0.2, -0.15) is 0 Å². The molecule has 6 nitrogen and oxygen atoms in total. The lowest BCUT2D eigenvalue weighted by Crippen LogP contribution is -2.29. The van der Waals surface area contributed by atoms with E-state index in [1.807, 2.05) is 0 Å². The molecule has 0 saturated heterocycles. The van der Waals surface area contributed by atoms with Crippen LogP contribution in [0.5, 0.6) is 0 Å². The van der Waals surface area contributed by atoms with Crippen LogP contribution >= 0.6 is 34.8 Å². The fourth-order valence-electron chi connectivity index (χ4n) is 2.43. The molecule has 0 amide bonds. The highest BCUT2D eigenvalue weighted by Gasteiger charge is 2.09. The Morgan fingerprint density at radius 1 is 1.18 bits per heavy atom. The van der Waals surface area contributed by atoms with Crippen molar-refractivity contribution in [2.24, 2.45) is 17.2 Å². The highest BCUT2D eigenvalue weighted by Crippen LogP contribution is 2.28. The van der Waals surface area contributed by atoms with E-state index < -0.39 is 12.0 Å². The van der Waals surface area contributed by atoms with Gasteiger partial charge in [0.25, 0.3) is 0 Å². The SMILES string of the molecule is NC1CCCCC1.NCCCC[C@H](N)C(=O)O.O=Cc1cc(Cl)cc(Cl)c1Cl. The number of carbonyl (C=O) groups excluding carboxylic acids is 1. The Bertz CT molecular complexity index is 597. The van der Waals surface area contributed by atoms with Crippen LogP contribution in [-0.2, 0) is 4.79 Å². The Balaban J connectivity index is 0.000000400. The van der Waals surface area contributed by atoms with Crippen molar-refractivity contribution in [1.82, 2.24) is 0 Å². The summed E-state index contributed by atoms with van der Waals surface area (Å²) in [6, 6.07) is 2.77. The van der Waals surface area contributed by atoms with Crippen molar-refractivity contribution in [3.63, 3.8) is 0 Å². The summed E-state index contributed by atoms with van der Waals surface area (Å²) < 4.78 is 0. The summed E-state index contributed by atoms with van der Waals surface area (Å²) in [5.74, 6) is -0.933. The second kappa shape index (κ2) is 16.0. The van der Waals surface area contributed by atoms with Gasteiger partial charge in [-0.15, -0.1) is 0 Å². The van der Waals surface area contributed by atoms with Crippen molar-refractivity contribution in [3.05, 3.63) is 32.8 Å². The molecule has 0 spiro atoms. The van der Waals surface area contributed by atoms with E-state index in [2.05, 4.69) is 0 Å². The third kappa shape index (κ3) is 12.5. The zero-order valence-corrected chi connectivity index (χ0v) is 18.1. The third-order valence-electron chi connectivity index (χ3n) is 4.08. The number of hydrogen-bond donors (Lipinski definition) is 4. The largest absolute Gasteiger partial charge is 0.480 e. The first-order valence-electron chi connectivity index (χ1n) is 9.26. The molecule has 1 saturated carbocycles. The molecule has 0 heterocycles. The fourth-order valence-corrected chi connectivity index (χ4v) is 3.09. The summed E-state index contributed by atoms with van der Waals surface area (Å²) in [5, 5.41) is 9.26. The predicted molar refractivity (Wildman–Crippen MR) is 116 cm³/mol. The van der Waals surface area contributed by atoms with Crippen LogP contribution in [0.4, 0.5) is 0 Å². The molecular weight excluding hydrogens is 425 g/mol. The maximum atomic E-state index is 10.3. The third-order valence-corrected chi connectivity index (χ3v) is 5.12. The van der Waals surface area contributed by atoms with E-state index in [1.165, 1.54) is 44.2 Å². The molecule has 0 aliphatic heterocycles. The molecule has 9 heteroatoms. The highest BCUT2D eigenvalue weighted by molar-refractivity contribution is 6.44. The van der Waals surface area contributed by atoms with Crippen LogP contribution in [0.3, 0.4) is 0 Å². The lowest BCUT2D eigenvalue weighted by Gasteiger charge is -2.15. The molecule has 0 bridgehead atoms. The second-order valence-corrected chi connectivity index (χ2v) is 7.76. The zero-order chi connectivity index (χ0) is 21.5. The van der Waals surface area contributed by atoms with E-state index in [1.54, 1.807) is 0 Å². The van der Waals surface area contributed by atoms with Crippen LogP contribution in [0.25, 0.3) is 0 Å². The number of carboxylic acid groups (broad SMARTS) is 1. The lowest BCUT2D eigenvalue weighted by molar-refractivity contribution is -0.138. The average Bonchev–Trinajstić information content (AvgIpc) is 2.66. The molecule has 0 unspecified atom stereocenters. The van der Waals surface area contributed by atoms with Gasteiger partial charge in [0.15, 0.2) is 6.29 Å². The molecule has 2 rings (SSSR count). The van der Waals surface area contributed by atoms with E-state index in [-0.39, 0.29) is 5.02 Å². The number of benzene rings is 1. The number of halogens is 3. The van der Waals surface area contributed by atoms with Gasteiger partial charge in [0.1, 0.15) is 6.04 Å². The van der Waals surface area contributed by atoms with Gasteiger partial charge >= 0.3 is 5.97 Å². The van der Waals surface area contributed by atoms with Crippen LogP contribution in [0, 0.1) is 0 Å². The maximum Gasteiger partial charge on any atom is 0.320 e. The van der Waals surface area contributed by atoms with Crippen molar-refractivity contribution in [3.8, 4) is 0 Å². The van der Waals surface area contributed by atoms with Gasteiger partial charge in [0.2, 0.25) is 0 Å². The summed E-state index contributed by atoms with van der Waals surface area (Å²) in [7, 11) is 0. The number of rotatable bonds is 6. The predicted octanol–water partition coefficient (Wildman–Crippen LogP) is 4.26. The molecule has 1 aromatic rings. The molecule has 28 heavy (non-hydrogen) atoms. The summed E-state index contributed by atoms with van der Waals surface area (Å²) in [4.78, 5) is 20.5. The first-order chi connectivity index (χ1) is 13.2. The van der Waals surface area contributed by atoms with Gasteiger partial charge in [0, 0.05) is 16.6 Å². The number of aldehydes is 1.